The predicted octanol–water partition coefficient (Wildman–Crippen LogP) is 4.70. The average molecular weight is 608 g/mol. The van der Waals surface area contributed by atoms with E-state index in [9.17, 15) is 40.7 Å². The summed E-state index contributed by atoms with van der Waals surface area (Å²) in [5.41, 5.74) is 0.251. The first-order chi connectivity index (χ1) is 20.3. The fourth-order valence-electron chi connectivity index (χ4n) is 5.11. The second kappa shape index (κ2) is 12.8. The minimum absolute atomic E-state index is 0.0915. The Morgan fingerprint density at radius 1 is 1.09 bits per heavy atom. The van der Waals surface area contributed by atoms with Gasteiger partial charge in [-0.3, -0.25) is 19.4 Å². The summed E-state index contributed by atoms with van der Waals surface area (Å²) in [6.45, 7) is 1.27. The summed E-state index contributed by atoms with van der Waals surface area (Å²) in [5.74, 6) is -7.57. The van der Waals surface area contributed by atoms with Gasteiger partial charge in [0.25, 0.3) is 5.91 Å². The Hall–Kier alpha value is -4.49. The number of hydrogen-bond donors (Lipinski definition) is 2. The summed E-state index contributed by atoms with van der Waals surface area (Å²) in [5, 5.41) is 4.99. The molecule has 43 heavy (non-hydrogen) atoms. The van der Waals surface area contributed by atoms with Crippen LogP contribution < -0.4 is 10.6 Å². The van der Waals surface area contributed by atoms with Crippen molar-refractivity contribution in [3.63, 3.8) is 0 Å². The Balaban J connectivity index is 1.60. The molecule has 4 rings (SSSR count). The highest BCUT2D eigenvalue weighted by molar-refractivity contribution is 5.98. The lowest BCUT2D eigenvalue weighted by atomic mass is 9.81. The number of nitrogens with zero attached hydrogens (tertiary/aromatic N) is 3. The van der Waals surface area contributed by atoms with Crippen molar-refractivity contribution in [3.05, 3.63) is 88.6 Å². The number of rotatable bonds is 8. The number of nitrogens with one attached hydrogen (secondary N) is 2. The maximum absolute atomic E-state index is 14.7. The number of hydrogen-bond acceptors (Lipinski definition) is 5. The number of halogens is 6. The maximum atomic E-state index is 14.7. The molecule has 0 spiro atoms. The third-order valence-electron chi connectivity index (χ3n) is 7.16. The molecule has 8 nitrogen and oxygen atoms in total. The second-order valence-electron chi connectivity index (χ2n) is 10.1. The van der Waals surface area contributed by atoms with E-state index in [1.165, 1.54) is 25.4 Å². The van der Waals surface area contributed by atoms with Crippen LogP contribution in [0.4, 0.5) is 32.2 Å². The smallest absolute Gasteiger partial charge is 0.340 e. The van der Waals surface area contributed by atoms with E-state index < -0.39 is 77.9 Å². The molecule has 1 fully saturated rings. The molecule has 1 aromatic carbocycles. The molecule has 2 N–H and O–H groups in total. The maximum Gasteiger partial charge on any atom is 0.406 e. The third-order valence-corrected chi connectivity index (χ3v) is 7.16. The van der Waals surface area contributed by atoms with Gasteiger partial charge < -0.3 is 15.5 Å². The van der Waals surface area contributed by atoms with Crippen LogP contribution in [0.2, 0.25) is 0 Å². The molecule has 1 aliphatic heterocycles. The molecule has 2 unspecified atom stereocenters. The zero-order valence-corrected chi connectivity index (χ0v) is 23.0. The number of benzene rings is 1. The highest BCUT2D eigenvalue weighted by atomic mass is 19.4. The number of aryl methyl sites for hydroxylation is 1. The first kappa shape index (κ1) is 31.4. The number of alkyl halides is 3. The molecule has 0 aliphatic carbocycles. The molecule has 0 bridgehead atoms. The highest BCUT2D eigenvalue weighted by Gasteiger charge is 2.46. The molecule has 3 amide bonds. The van der Waals surface area contributed by atoms with E-state index in [1.54, 1.807) is 25.1 Å². The minimum atomic E-state index is -4.85. The molecular weight excluding hydrogens is 580 g/mol. The molecular formula is C29H27F6N5O3. The van der Waals surface area contributed by atoms with Crippen molar-refractivity contribution in [2.45, 2.75) is 57.3 Å². The van der Waals surface area contributed by atoms with Gasteiger partial charge in [0.1, 0.15) is 24.2 Å². The summed E-state index contributed by atoms with van der Waals surface area (Å²) in [6.07, 6.45) is -2.36. The number of piperidine rings is 1. The lowest BCUT2D eigenvalue weighted by Crippen LogP contribution is -2.59. The van der Waals surface area contributed by atoms with Crippen molar-refractivity contribution < 1.29 is 40.7 Å². The van der Waals surface area contributed by atoms with Crippen LogP contribution in [0.15, 0.2) is 48.8 Å². The largest absolute Gasteiger partial charge is 0.406 e. The van der Waals surface area contributed by atoms with Crippen LogP contribution in [-0.2, 0) is 22.4 Å². The molecule has 3 heterocycles. The van der Waals surface area contributed by atoms with Crippen LogP contribution in [0, 0.1) is 17.5 Å². The zero-order valence-electron chi connectivity index (χ0n) is 23.0. The molecule has 228 valence electrons. The quantitative estimate of drug-likeness (QED) is 0.286. The van der Waals surface area contributed by atoms with Crippen LogP contribution in [0.25, 0.3) is 0 Å². The molecule has 2 aromatic heterocycles. The Kier molecular flexibility index (Phi) is 9.36. The highest BCUT2D eigenvalue weighted by Crippen LogP contribution is 2.37. The number of likely N-dealkylation sites (tertiary alicyclic amines) is 1. The van der Waals surface area contributed by atoms with Crippen molar-refractivity contribution >= 4 is 23.5 Å². The van der Waals surface area contributed by atoms with E-state index in [0.29, 0.717) is 40.5 Å². The summed E-state index contributed by atoms with van der Waals surface area (Å²) >= 11 is 0. The normalized spacial score (nSPS) is 18.8. The van der Waals surface area contributed by atoms with E-state index in [4.69, 9.17) is 0 Å². The number of carbonyl (C=O) groups is 3. The van der Waals surface area contributed by atoms with Gasteiger partial charge in [0, 0.05) is 36.1 Å². The van der Waals surface area contributed by atoms with E-state index in [-0.39, 0.29) is 12.0 Å². The van der Waals surface area contributed by atoms with Gasteiger partial charge >= 0.3 is 6.18 Å². The summed E-state index contributed by atoms with van der Waals surface area (Å²) < 4.78 is 83.0. The summed E-state index contributed by atoms with van der Waals surface area (Å²) in [6, 6.07) is 4.37. The number of pyridine rings is 2. The van der Waals surface area contributed by atoms with E-state index >= 15 is 0 Å². The zero-order chi connectivity index (χ0) is 31.5. The number of amides is 3. The monoisotopic (exact) mass is 607 g/mol. The fraction of sp³-hybridized carbons (Fsp3) is 0.345. The molecule has 1 saturated heterocycles. The lowest BCUT2D eigenvalue weighted by molar-refractivity contribution is -0.170. The van der Waals surface area contributed by atoms with Gasteiger partial charge in [-0.1, -0.05) is 13.0 Å². The third kappa shape index (κ3) is 7.48. The molecule has 3 aromatic rings. The lowest BCUT2D eigenvalue weighted by Gasteiger charge is -2.43. The van der Waals surface area contributed by atoms with Crippen molar-refractivity contribution in [2.75, 3.05) is 11.9 Å². The van der Waals surface area contributed by atoms with Gasteiger partial charge in [0.2, 0.25) is 11.8 Å². The molecule has 14 heteroatoms. The standard InChI is InChI=1S/C29H27F6N5O3/c1-3-22-16(9-25(41)39-24-6-4-5-7-36-24)8-17(13-37-22)27(42)38-23-12-19(20-10-18(30)11-21(31)26(20)32)15(2)40(28(23)43)14-29(33,34)35/h4-8,10-11,13,15,19,23H,3,9,12,14H2,1-2H3,(H,38,42)(H,36,39,41)/t15?,19?,23-/m0/s1. The number of anilines is 1. The molecule has 0 radical (unpaired) electrons. The summed E-state index contributed by atoms with van der Waals surface area (Å²) in [7, 11) is 0. The number of aromatic nitrogens is 2. The van der Waals surface area contributed by atoms with Crippen LogP contribution in [-0.4, -0.2) is 57.4 Å². The van der Waals surface area contributed by atoms with Crippen LogP contribution >= 0.6 is 0 Å². The Morgan fingerprint density at radius 2 is 1.84 bits per heavy atom. The Bertz CT molecular complexity index is 1520. The SMILES string of the molecule is CCc1ncc(C(=O)N[C@H]2CC(c3cc(F)cc(F)c3F)C(C)N(CC(F)(F)F)C2=O)cc1CC(=O)Nc1ccccn1. The Labute approximate surface area is 242 Å². The van der Waals surface area contributed by atoms with Gasteiger partial charge in [-0.05, 0) is 55.2 Å². The Morgan fingerprint density at radius 3 is 2.49 bits per heavy atom. The van der Waals surface area contributed by atoms with E-state index in [0.717, 1.165) is 0 Å². The molecule has 0 saturated carbocycles. The van der Waals surface area contributed by atoms with E-state index in [2.05, 4.69) is 20.6 Å². The van der Waals surface area contributed by atoms with Crippen molar-refractivity contribution in [2.24, 2.45) is 0 Å². The van der Waals surface area contributed by atoms with Crippen molar-refractivity contribution in [1.82, 2.24) is 20.2 Å². The number of carbonyl (C=O) groups excluding carboxylic acids is 3. The fourth-order valence-corrected chi connectivity index (χ4v) is 5.11. The molecule has 3 atom stereocenters. The first-order valence-corrected chi connectivity index (χ1v) is 13.3. The summed E-state index contributed by atoms with van der Waals surface area (Å²) in [4.78, 5) is 47.7. The van der Waals surface area contributed by atoms with E-state index in [1.807, 2.05) is 0 Å². The minimum Gasteiger partial charge on any atom is -0.340 e. The van der Waals surface area contributed by atoms with Gasteiger partial charge in [0.05, 0.1) is 12.0 Å². The van der Waals surface area contributed by atoms with Gasteiger partial charge in [0.15, 0.2) is 11.6 Å². The predicted molar refractivity (Wildman–Crippen MR) is 142 cm³/mol. The van der Waals surface area contributed by atoms with Crippen molar-refractivity contribution in [1.29, 1.82) is 0 Å². The average Bonchev–Trinajstić information content (AvgIpc) is 2.94. The second-order valence-corrected chi connectivity index (χ2v) is 10.1. The van der Waals surface area contributed by atoms with Gasteiger partial charge in [-0.25, -0.2) is 18.2 Å². The van der Waals surface area contributed by atoms with Gasteiger partial charge in [-0.15, -0.1) is 0 Å². The van der Waals surface area contributed by atoms with Crippen LogP contribution in [0.5, 0.6) is 0 Å². The molecule has 1 aliphatic rings. The van der Waals surface area contributed by atoms with Gasteiger partial charge in [-0.2, -0.15) is 13.2 Å². The topological polar surface area (TPSA) is 104 Å². The van der Waals surface area contributed by atoms with Crippen molar-refractivity contribution in [3.8, 4) is 0 Å². The van der Waals surface area contributed by atoms with Crippen LogP contribution in [0.1, 0.15) is 53.4 Å². The first-order valence-electron chi connectivity index (χ1n) is 13.3. The van der Waals surface area contributed by atoms with Crippen LogP contribution in [0.3, 0.4) is 0 Å².